The van der Waals surface area contributed by atoms with E-state index in [1.807, 2.05) is 0 Å². The fourth-order valence-electron chi connectivity index (χ4n) is 0.778. The Balaban J connectivity index is 3.22. The summed E-state index contributed by atoms with van der Waals surface area (Å²) in [6, 6.07) is 1.28. The molecule has 0 radical (unpaired) electrons. The van der Waals surface area contributed by atoms with Gasteiger partial charge >= 0.3 is 0 Å². The van der Waals surface area contributed by atoms with Crippen LogP contribution in [0.3, 0.4) is 0 Å². The Morgan fingerprint density at radius 2 is 2.08 bits per heavy atom. The first-order valence-corrected chi connectivity index (χ1v) is 5.37. The summed E-state index contributed by atoms with van der Waals surface area (Å²) < 4.78 is 25.5. The number of hydrogen-bond acceptors (Lipinski definition) is 1. The maximum atomic E-state index is 12.3. The zero-order valence-corrected chi connectivity index (χ0v) is 10.1. The van der Waals surface area contributed by atoms with Gasteiger partial charge in [-0.1, -0.05) is 0 Å². The number of pyridine rings is 1. The second kappa shape index (κ2) is 4.66. The van der Waals surface area contributed by atoms with E-state index >= 15 is 0 Å². The van der Waals surface area contributed by atoms with E-state index in [4.69, 9.17) is 11.6 Å². The molecule has 0 aromatic carbocycles. The lowest BCUT2D eigenvalue weighted by molar-refractivity contribution is 0.145. The highest BCUT2D eigenvalue weighted by molar-refractivity contribution is 9.13. The number of hydrogen-bond donors (Lipinski definition) is 0. The Hall–Kier alpha value is 0.260. The molecule has 0 saturated carbocycles. The summed E-state index contributed by atoms with van der Waals surface area (Å²) in [6.07, 6.45) is -2.58. The monoisotopic (exact) mass is 333 g/mol. The Morgan fingerprint density at radius 1 is 1.46 bits per heavy atom. The fourth-order valence-corrected chi connectivity index (χ4v) is 1.95. The molecule has 0 aliphatic carbocycles. The van der Waals surface area contributed by atoms with E-state index in [-0.39, 0.29) is 11.6 Å². The average molecular weight is 335 g/mol. The van der Waals surface area contributed by atoms with Crippen molar-refractivity contribution in [1.29, 1.82) is 0 Å². The lowest BCUT2D eigenvalue weighted by Gasteiger charge is -2.05. The molecular formula is C7H4Br2ClF2N. The third-order valence-corrected chi connectivity index (χ3v) is 3.66. The fraction of sp³-hybridized carbons (Fsp3) is 0.286. The Labute approximate surface area is 95.8 Å². The largest absolute Gasteiger partial charge is 0.280 e. The van der Waals surface area contributed by atoms with E-state index in [0.29, 0.717) is 14.6 Å². The van der Waals surface area contributed by atoms with Gasteiger partial charge in [-0.25, -0.2) is 13.8 Å². The van der Waals surface area contributed by atoms with Gasteiger partial charge in [-0.15, -0.1) is 11.6 Å². The summed E-state index contributed by atoms with van der Waals surface area (Å²) in [5.74, 6) is 0.168. The van der Waals surface area contributed by atoms with Crippen molar-refractivity contribution in [1.82, 2.24) is 4.98 Å². The predicted octanol–water partition coefficient (Wildman–Crippen LogP) is 4.28. The molecular weight excluding hydrogens is 331 g/mol. The number of rotatable bonds is 2. The van der Waals surface area contributed by atoms with E-state index in [1.165, 1.54) is 6.07 Å². The molecule has 1 nitrogen and oxygen atoms in total. The first-order valence-electron chi connectivity index (χ1n) is 3.25. The topological polar surface area (TPSA) is 12.9 Å². The summed E-state index contributed by atoms with van der Waals surface area (Å²) in [4.78, 5) is 3.64. The van der Waals surface area contributed by atoms with Gasteiger partial charge in [-0.2, -0.15) is 0 Å². The van der Waals surface area contributed by atoms with E-state index in [9.17, 15) is 8.78 Å². The van der Waals surface area contributed by atoms with Gasteiger partial charge in [0.05, 0.1) is 4.47 Å². The standard InChI is InChI=1S/C7H4Br2ClF2N/c8-5-3(2-10)1-4(7(11)12)13-6(5)9/h1,7H,2H2. The van der Waals surface area contributed by atoms with Gasteiger partial charge in [0.25, 0.3) is 6.43 Å². The van der Waals surface area contributed by atoms with Gasteiger partial charge < -0.3 is 0 Å². The molecule has 13 heavy (non-hydrogen) atoms. The van der Waals surface area contributed by atoms with E-state index < -0.39 is 6.43 Å². The lowest BCUT2D eigenvalue weighted by Crippen LogP contribution is -1.95. The van der Waals surface area contributed by atoms with Gasteiger partial charge in [-0.3, -0.25) is 0 Å². The van der Waals surface area contributed by atoms with E-state index in [0.717, 1.165) is 0 Å². The van der Waals surface area contributed by atoms with Crippen molar-refractivity contribution >= 4 is 43.5 Å². The van der Waals surface area contributed by atoms with Crippen molar-refractivity contribution < 1.29 is 8.78 Å². The first-order chi connectivity index (χ1) is 6.06. The van der Waals surface area contributed by atoms with E-state index in [1.54, 1.807) is 0 Å². The molecule has 72 valence electrons. The molecule has 1 aromatic heterocycles. The van der Waals surface area contributed by atoms with Crippen LogP contribution in [-0.4, -0.2) is 4.98 Å². The van der Waals surface area contributed by atoms with Crippen LogP contribution in [-0.2, 0) is 5.88 Å². The molecule has 6 heteroatoms. The molecule has 0 fully saturated rings. The van der Waals surface area contributed by atoms with Crippen molar-refractivity contribution in [2.45, 2.75) is 12.3 Å². The van der Waals surface area contributed by atoms with Crippen molar-refractivity contribution in [3.8, 4) is 0 Å². The normalized spacial score (nSPS) is 10.9. The lowest BCUT2D eigenvalue weighted by atomic mass is 10.2. The highest BCUT2D eigenvalue weighted by Crippen LogP contribution is 2.30. The molecule has 0 spiro atoms. The summed E-state index contributed by atoms with van der Waals surface area (Å²) in [6.45, 7) is 0. The van der Waals surface area contributed by atoms with Crippen LogP contribution < -0.4 is 0 Å². The minimum atomic E-state index is -2.58. The molecule has 1 aromatic rings. The van der Waals surface area contributed by atoms with Gasteiger partial charge in [0.15, 0.2) is 0 Å². The highest BCUT2D eigenvalue weighted by Gasteiger charge is 2.14. The summed E-state index contributed by atoms with van der Waals surface area (Å²) in [5.41, 5.74) is 0.324. The Morgan fingerprint density at radius 3 is 2.54 bits per heavy atom. The van der Waals surface area contributed by atoms with E-state index in [2.05, 4.69) is 36.8 Å². The molecule has 0 aliphatic heterocycles. The average Bonchev–Trinajstić information content (AvgIpc) is 2.09. The molecule has 1 heterocycles. The second-order valence-corrected chi connectivity index (χ2v) is 4.06. The van der Waals surface area contributed by atoms with Crippen LogP contribution in [0.15, 0.2) is 15.1 Å². The zero-order valence-electron chi connectivity index (χ0n) is 6.20. The van der Waals surface area contributed by atoms with Gasteiger partial charge in [0, 0.05) is 5.88 Å². The third-order valence-electron chi connectivity index (χ3n) is 1.38. The molecule has 0 saturated heterocycles. The first kappa shape index (κ1) is 11.3. The summed E-state index contributed by atoms with van der Waals surface area (Å²) in [5, 5.41) is 0. The SMILES string of the molecule is FC(F)c1cc(CCl)c(Br)c(Br)n1. The summed E-state index contributed by atoms with van der Waals surface area (Å²) >= 11 is 11.8. The maximum absolute atomic E-state index is 12.3. The smallest absolute Gasteiger partial charge is 0.239 e. The number of nitrogens with zero attached hydrogens (tertiary/aromatic N) is 1. The Bertz CT molecular complexity index is 320. The van der Waals surface area contributed by atoms with Gasteiger partial charge in [0.2, 0.25) is 0 Å². The predicted molar refractivity (Wildman–Crippen MR) is 54.2 cm³/mol. The number of alkyl halides is 3. The summed E-state index contributed by atoms with van der Waals surface area (Å²) in [7, 11) is 0. The van der Waals surface area contributed by atoms with Crippen molar-refractivity contribution in [3.63, 3.8) is 0 Å². The van der Waals surface area contributed by atoms with Gasteiger partial charge in [-0.05, 0) is 43.5 Å². The quantitative estimate of drug-likeness (QED) is 0.581. The van der Waals surface area contributed by atoms with Crippen molar-refractivity contribution in [3.05, 3.63) is 26.4 Å². The number of halogens is 5. The van der Waals surface area contributed by atoms with Gasteiger partial charge in [0.1, 0.15) is 10.3 Å². The third kappa shape index (κ3) is 2.60. The molecule has 0 N–H and O–H groups in total. The molecule has 0 aliphatic rings. The maximum Gasteiger partial charge on any atom is 0.280 e. The minimum Gasteiger partial charge on any atom is -0.239 e. The molecule has 1 rings (SSSR count). The van der Waals surface area contributed by atoms with Crippen LogP contribution in [0.5, 0.6) is 0 Å². The van der Waals surface area contributed by atoms with Crippen molar-refractivity contribution in [2.24, 2.45) is 0 Å². The molecule has 0 bridgehead atoms. The van der Waals surface area contributed by atoms with Crippen LogP contribution in [0.4, 0.5) is 8.78 Å². The minimum absolute atomic E-state index is 0.168. The van der Waals surface area contributed by atoms with Crippen LogP contribution in [0.1, 0.15) is 17.7 Å². The van der Waals surface area contributed by atoms with Crippen molar-refractivity contribution in [2.75, 3.05) is 0 Å². The Kier molecular flexibility index (Phi) is 4.06. The highest BCUT2D eigenvalue weighted by atomic mass is 79.9. The van der Waals surface area contributed by atoms with Crippen LogP contribution >= 0.6 is 43.5 Å². The molecule has 0 atom stereocenters. The molecule has 0 amide bonds. The number of aromatic nitrogens is 1. The van der Waals surface area contributed by atoms with Crippen LogP contribution in [0.25, 0.3) is 0 Å². The zero-order chi connectivity index (χ0) is 10.0. The molecule has 0 unspecified atom stereocenters. The second-order valence-electron chi connectivity index (χ2n) is 2.25. The van der Waals surface area contributed by atoms with Crippen LogP contribution in [0, 0.1) is 0 Å². The van der Waals surface area contributed by atoms with Crippen LogP contribution in [0.2, 0.25) is 0 Å².